The second-order valence-corrected chi connectivity index (χ2v) is 5.05. The summed E-state index contributed by atoms with van der Waals surface area (Å²) in [6, 6.07) is 0. The van der Waals surface area contributed by atoms with Crippen LogP contribution < -0.4 is 16.4 Å². The molecule has 0 saturated carbocycles. The second kappa shape index (κ2) is 8.18. The largest absolute Gasteiger partial charge is 0.405 e. The third-order valence-corrected chi connectivity index (χ3v) is 3.17. The molecule has 6 nitrogen and oxygen atoms in total. The molecule has 1 unspecified atom stereocenters. The smallest absolute Gasteiger partial charge is 0.355 e. The normalized spacial score (nSPS) is 20.1. The van der Waals surface area contributed by atoms with Crippen molar-refractivity contribution in [1.29, 1.82) is 0 Å². The molecule has 2 amide bonds. The number of amides is 2. The van der Waals surface area contributed by atoms with Crippen molar-refractivity contribution < 1.29 is 22.8 Å². The van der Waals surface area contributed by atoms with E-state index in [1.165, 1.54) is 0 Å². The number of likely N-dealkylation sites (tertiary alicyclic amines) is 1. The van der Waals surface area contributed by atoms with Crippen LogP contribution in [0.25, 0.3) is 0 Å². The Labute approximate surface area is 121 Å². The standard InChI is InChI=1S/C12H21F3N4O2/c13-12(14,15)8-18-10(20)7-19-5-1-2-9(6-19)11(21)17-4-3-16/h9H,1-8,16H2,(H,17,21)(H,18,20). The molecule has 122 valence electrons. The first-order valence-corrected chi connectivity index (χ1v) is 6.85. The van der Waals surface area contributed by atoms with E-state index in [4.69, 9.17) is 5.73 Å². The summed E-state index contributed by atoms with van der Waals surface area (Å²) in [6.45, 7) is 0.246. The van der Waals surface area contributed by atoms with E-state index >= 15 is 0 Å². The number of nitrogens with one attached hydrogen (secondary N) is 2. The van der Waals surface area contributed by atoms with Crippen molar-refractivity contribution in [2.45, 2.75) is 19.0 Å². The topological polar surface area (TPSA) is 87.5 Å². The Morgan fingerprint density at radius 3 is 2.62 bits per heavy atom. The lowest BCUT2D eigenvalue weighted by atomic mass is 9.97. The van der Waals surface area contributed by atoms with Crippen molar-refractivity contribution in [3.63, 3.8) is 0 Å². The molecular weight excluding hydrogens is 289 g/mol. The summed E-state index contributed by atoms with van der Waals surface area (Å²) in [7, 11) is 0. The maximum Gasteiger partial charge on any atom is 0.405 e. The van der Waals surface area contributed by atoms with Crippen molar-refractivity contribution in [3.05, 3.63) is 0 Å². The molecule has 0 radical (unpaired) electrons. The molecular formula is C12H21F3N4O2. The summed E-state index contributed by atoms with van der Waals surface area (Å²) < 4.78 is 36.0. The molecule has 21 heavy (non-hydrogen) atoms. The summed E-state index contributed by atoms with van der Waals surface area (Å²) in [5, 5.41) is 4.51. The van der Waals surface area contributed by atoms with Crippen LogP contribution in [0.5, 0.6) is 0 Å². The van der Waals surface area contributed by atoms with Gasteiger partial charge in [0.25, 0.3) is 0 Å². The lowest BCUT2D eigenvalue weighted by Gasteiger charge is -2.31. The molecule has 1 fully saturated rings. The summed E-state index contributed by atoms with van der Waals surface area (Å²) in [4.78, 5) is 24.9. The average Bonchev–Trinajstić information content (AvgIpc) is 2.42. The molecule has 9 heteroatoms. The zero-order valence-electron chi connectivity index (χ0n) is 11.7. The van der Waals surface area contributed by atoms with Gasteiger partial charge in [0.05, 0.1) is 12.5 Å². The van der Waals surface area contributed by atoms with Gasteiger partial charge in [0, 0.05) is 19.6 Å². The first-order chi connectivity index (χ1) is 9.81. The van der Waals surface area contributed by atoms with E-state index in [0.29, 0.717) is 32.6 Å². The number of alkyl halides is 3. The highest BCUT2D eigenvalue weighted by Gasteiger charge is 2.29. The number of rotatable bonds is 6. The Morgan fingerprint density at radius 1 is 1.29 bits per heavy atom. The molecule has 1 atom stereocenters. The predicted molar refractivity (Wildman–Crippen MR) is 70.3 cm³/mol. The summed E-state index contributed by atoms with van der Waals surface area (Å²) in [5.74, 6) is -1.06. The van der Waals surface area contributed by atoms with Crippen molar-refractivity contribution >= 4 is 11.8 Å². The quantitative estimate of drug-likeness (QED) is 0.614. The molecule has 0 aliphatic carbocycles. The first-order valence-electron chi connectivity index (χ1n) is 6.85. The van der Waals surface area contributed by atoms with Crippen LogP contribution in [-0.2, 0) is 9.59 Å². The molecule has 1 aliphatic heterocycles. The molecule has 4 N–H and O–H groups in total. The van der Waals surface area contributed by atoms with Crippen molar-refractivity contribution in [2.24, 2.45) is 11.7 Å². The number of nitrogens with zero attached hydrogens (tertiary/aromatic N) is 1. The highest BCUT2D eigenvalue weighted by atomic mass is 19.4. The third-order valence-electron chi connectivity index (χ3n) is 3.17. The molecule has 0 aromatic rings. The first kappa shape index (κ1) is 17.7. The fraction of sp³-hybridized carbons (Fsp3) is 0.833. The van der Waals surface area contributed by atoms with E-state index in [1.54, 1.807) is 4.90 Å². The van der Waals surface area contributed by atoms with Gasteiger partial charge in [0.15, 0.2) is 0 Å². The number of nitrogens with two attached hydrogens (primary N) is 1. The van der Waals surface area contributed by atoms with E-state index < -0.39 is 18.6 Å². The van der Waals surface area contributed by atoms with Gasteiger partial charge in [-0.3, -0.25) is 14.5 Å². The maximum absolute atomic E-state index is 12.0. The van der Waals surface area contributed by atoms with Crippen LogP contribution in [0.4, 0.5) is 13.2 Å². The number of piperidine rings is 1. The highest BCUT2D eigenvalue weighted by Crippen LogP contribution is 2.16. The Balaban J connectivity index is 2.35. The Hall–Kier alpha value is -1.35. The zero-order valence-corrected chi connectivity index (χ0v) is 11.7. The Kier molecular flexibility index (Phi) is 6.90. The molecule has 1 rings (SSSR count). The minimum atomic E-state index is -4.41. The lowest BCUT2D eigenvalue weighted by Crippen LogP contribution is -2.48. The number of hydrogen-bond acceptors (Lipinski definition) is 4. The van der Waals surface area contributed by atoms with Crippen molar-refractivity contribution in [1.82, 2.24) is 15.5 Å². The molecule has 0 bridgehead atoms. The lowest BCUT2D eigenvalue weighted by molar-refractivity contribution is -0.139. The van der Waals surface area contributed by atoms with Crippen LogP contribution in [-0.4, -0.2) is 62.2 Å². The highest BCUT2D eigenvalue weighted by molar-refractivity contribution is 5.80. The molecule has 0 aromatic carbocycles. The van der Waals surface area contributed by atoms with Gasteiger partial charge in [0.2, 0.25) is 11.8 Å². The summed E-state index contributed by atoms with van der Waals surface area (Å²) >= 11 is 0. The van der Waals surface area contributed by atoms with E-state index in [0.717, 1.165) is 6.42 Å². The van der Waals surface area contributed by atoms with Crippen LogP contribution in [0.15, 0.2) is 0 Å². The van der Waals surface area contributed by atoms with Gasteiger partial charge in [0.1, 0.15) is 6.54 Å². The second-order valence-electron chi connectivity index (χ2n) is 5.05. The van der Waals surface area contributed by atoms with E-state index in [-0.39, 0.29) is 18.4 Å². The van der Waals surface area contributed by atoms with Gasteiger partial charge >= 0.3 is 6.18 Å². The van der Waals surface area contributed by atoms with Crippen molar-refractivity contribution in [2.75, 3.05) is 39.3 Å². The average molecular weight is 310 g/mol. The van der Waals surface area contributed by atoms with Crippen LogP contribution in [0.3, 0.4) is 0 Å². The van der Waals surface area contributed by atoms with Gasteiger partial charge < -0.3 is 16.4 Å². The third kappa shape index (κ3) is 7.28. The van der Waals surface area contributed by atoms with Gasteiger partial charge in [-0.15, -0.1) is 0 Å². The summed E-state index contributed by atoms with van der Waals surface area (Å²) in [6.07, 6.45) is -2.98. The van der Waals surface area contributed by atoms with Crippen LogP contribution in [0.1, 0.15) is 12.8 Å². The van der Waals surface area contributed by atoms with Gasteiger partial charge in [-0.25, -0.2) is 0 Å². The van der Waals surface area contributed by atoms with Gasteiger partial charge in [-0.05, 0) is 19.4 Å². The minimum absolute atomic E-state index is 0.124. The monoisotopic (exact) mass is 310 g/mol. The fourth-order valence-corrected chi connectivity index (χ4v) is 2.21. The van der Waals surface area contributed by atoms with Crippen LogP contribution in [0, 0.1) is 5.92 Å². The Bertz CT molecular complexity index is 363. The number of carbonyl (C=O) groups is 2. The van der Waals surface area contributed by atoms with E-state index in [1.807, 2.05) is 5.32 Å². The number of hydrogen-bond donors (Lipinski definition) is 3. The Morgan fingerprint density at radius 2 is 2.00 bits per heavy atom. The summed E-state index contributed by atoms with van der Waals surface area (Å²) in [5.41, 5.74) is 5.30. The predicted octanol–water partition coefficient (Wildman–Crippen LogP) is -0.548. The fourth-order valence-electron chi connectivity index (χ4n) is 2.21. The molecule has 0 spiro atoms. The van der Waals surface area contributed by atoms with Crippen LogP contribution >= 0.6 is 0 Å². The zero-order chi connectivity index (χ0) is 15.9. The van der Waals surface area contributed by atoms with Crippen LogP contribution in [0.2, 0.25) is 0 Å². The SMILES string of the molecule is NCCNC(=O)C1CCCN(CC(=O)NCC(F)(F)F)C1. The minimum Gasteiger partial charge on any atom is -0.355 e. The molecule has 1 saturated heterocycles. The molecule has 1 heterocycles. The van der Waals surface area contributed by atoms with Crippen molar-refractivity contribution in [3.8, 4) is 0 Å². The number of carbonyl (C=O) groups excluding carboxylic acids is 2. The van der Waals surface area contributed by atoms with E-state index in [2.05, 4.69) is 5.32 Å². The number of halogens is 3. The molecule has 1 aliphatic rings. The van der Waals surface area contributed by atoms with Gasteiger partial charge in [-0.1, -0.05) is 0 Å². The molecule has 0 aromatic heterocycles. The van der Waals surface area contributed by atoms with Gasteiger partial charge in [-0.2, -0.15) is 13.2 Å². The van der Waals surface area contributed by atoms with E-state index in [9.17, 15) is 22.8 Å². The maximum atomic E-state index is 12.0.